The first-order valence-electron chi connectivity index (χ1n) is 7.26. The summed E-state index contributed by atoms with van der Waals surface area (Å²) in [6.07, 6.45) is 6.71. The third-order valence-electron chi connectivity index (χ3n) is 4.45. The maximum atomic E-state index is 5.64. The monoisotopic (exact) mass is 276 g/mol. The lowest BCUT2D eigenvalue weighted by Crippen LogP contribution is -2.40. The summed E-state index contributed by atoms with van der Waals surface area (Å²) < 4.78 is 0. The Bertz CT molecular complexity index is 427. The van der Waals surface area contributed by atoms with Gasteiger partial charge < -0.3 is 10.6 Å². The Labute approximate surface area is 122 Å². The molecule has 3 heteroatoms. The van der Waals surface area contributed by atoms with Gasteiger partial charge in [0, 0.05) is 24.3 Å². The Kier molecular flexibility index (Phi) is 4.81. The average molecular weight is 276 g/mol. The third-order valence-corrected chi connectivity index (χ3v) is 4.69. The smallest absolute Gasteiger partial charge is 0.103 e. The topological polar surface area (TPSA) is 29.3 Å². The van der Waals surface area contributed by atoms with Crippen LogP contribution in [0.15, 0.2) is 24.3 Å². The first kappa shape index (κ1) is 14.3. The van der Waals surface area contributed by atoms with E-state index in [1.165, 1.54) is 37.8 Å². The van der Waals surface area contributed by atoms with E-state index in [0.717, 1.165) is 11.5 Å². The van der Waals surface area contributed by atoms with Crippen molar-refractivity contribution in [1.82, 2.24) is 0 Å². The van der Waals surface area contributed by atoms with Crippen LogP contribution >= 0.6 is 12.2 Å². The molecule has 2 atom stereocenters. The molecule has 19 heavy (non-hydrogen) atoms. The number of nitrogens with zero attached hydrogens (tertiary/aromatic N) is 1. The van der Waals surface area contributed by atoms with Crippen LogP contribution < -0.4 is 10.6 Å². The number of rotatable bonds is 4. The highest BCUT2D eigenvalue weighted by Crippen LogP contribution is 2.32. The predicted molar refractivity (Wildman–Crippen MR) is 86.8 cm³/mol. The third kappa shape index (κ3) is 3.27. The lowest BCUT2D eigenvalue weighted by Gasteiger charge is -2.39. The van der Waals surface area contributed by atoms with Gasteiger partial charge in [0.1, 0.15) is 4.99 Å². The summed E-state index contributed by atoms with van der Waals surface area (Å²) in [5.41, 5.74) is 7.86. The summed E-state index contributed by atoms with van der Waals surface area (Å²) in [5, 5.41) is 0. The largest absolute Gasteiger partial charge is 0.389 e. The van der Waals surface area contributed by atoms with Gasteiger partial charge in [-0.15, -0.1) is 0 Å². The SMILES string of the molecule is CCC1CCCCC1N(C)c1ccc(C(N)=S)cc1. The highest BCUT2D eigenvalue weighted by Gasteiger charge is 2.27. The van der Waals surface area contributed by atoms with Crippen molar-refractivity contribution in [2.24, 2.45) is 11.7 Å². The first-order chi connectivity index (χ1) is 9.13. The van der Waals surface area contributed by atoms with Gasteiger partial charge in [-0.1, -0.05) is 38.4 Å². The number of benzene rings is 1. The van der Waals surface area contributed by atoms with E-state index < -0.39 is 0 Å². The molecule has 0 amide bonds. The first-order valence-corrected chi connectivity index (χ1v) is 7.67. The summed E-state index contributed by atoms with van der Waals surface area (Å²) >= 11 is 5.00. The van der Waals surface area contributed by atoms with E-state index in [2.05, 4.69) is 31.0 Å². The summed E-state index contributed by atoms with van der Waals surface area (Å²) in [7, 11) is 2.22. The maximum Gasteiger partial charge on any atom is 0.103 e. The van der Waals surface area contributed by atoms with Gasteiger partial charge in [0.05, 0.1) is 0 Å². The van der Waals surface area contributed by atoms with Gasteiger partial charge in [0.2, 0.25) is 0 Å². The zero-order valence-corrected chi connectivity index (χ0v) is 12.7. The fourth-order valence-corrected chi connectivity index (χ4v) is 3.36. The number of anilines is 1. The normalized spacial score (nSPS) is 23.1. The molecular weight excluding hydrogens is 252 g/mol. The summed E-state index contributed by atoms with van der Waals surface area (Å²) in [5.74, 6) is 0.828. The van der Waals surface area contributed by atoms with Crippen LogP contribution in [0.5, 0.6) is 0 Å². The highest BCUT2D eigenvalue weighted by molar-refractivity contribution is 7.80. The zero-order chi connectivity index (χ0) is 13.8. The van der Waals surface area contributed by atoms with Crippen LogP contribution in [0.2, 0.25) is 0 Å². The van der Waals surface area contributed by atoms with Gasteiger partial charge in [0.15, 0.2) is 0 Å². The molecular formula is C16H24N2S. The van der Waals surface area contributed by atoms with Crippen molar-refractivity contribution in [3.8, 4) is 0 Å². The zero-order valence-electron chi connectivity index (χ0n) is 11.9. The standard InChI is InChI=1S/C16H24N2S/c1-3-12-6-4-5-7-15(12)18(2)14-10-8-13(9-11-14)16(17)19/h8-12,15H,3-7H2,1-2H3,(H2,17,19). The van der Waals surface area contributed by atoms with E-state index in [1.54, 1.807) is 0 Å². The molecule has 1 saturated carbocycles. The van der Waals surface area contributed by atoms with E-state index in [4.69, 9.17) is 18.0 Å². The maximum absolute atomic E-state index is 5.64. The van der Waals surface area contributed by atoms with Gasteiger partial charge in [-0.2, -0.15) is 0 Å². The van der Waals surface area contributed by atoms with Crippen LogP contribution in [0.4, 0.5) is 5.69 Å². The van der Waals surface area contributed by atoms with Gasteiger partial charge in [-0.3, -0.25) is 0 Å². The minimum atomic E-state index is 0.471. The molecule has 1 aliphatic carbocycles. The molecule has 2 N–H and O–H groups in total. The molecule has 1 fully saturated rings. The second kappa shape index (κ2) is 6.38. The van der Waals surface area contributed by atoms with Crippen molar-refractivity contribution in [3.63, 3.8) is 0 Å². The molecule has 0 aromatic heterocycles. The molecule has 0 saturated heterocycles. The Hall–Kier alpha value is -1.09. The predicted octanol–water partition coefficient (Wildman–Crippen LogP) is 3.73. The Morgan fingerprint density at radius 3 is 2.47 bits per heavy atom. The molecule has 1 aromatic rings. The van der Waals surface area contributed by atoms with Gasteiger partial charge in [-0.25, -0.2) is 0 Å². The molecule has 2 unspecified atom stereocenters. The number of nitrogens with two attached hydrogens (primary N) is 1. The molecule has 1 aromatic carbocycles. The van der Waals surface area contributed by atoms with E-state index in [9.17, 15) is 0 Å². The molecule has 0 spiro atoms. The summed E-state index contributed by atoms with van der Waals surface area (Å²) in [6.45, 7) is 2.31. The minimum Gasteiger partial charge on any atom is -0.389 e. The van der Waals surface area contributed by atoms with Crippen LogP contribution in [-0.4, -0.2) is 18.1 Å². The van der Waals surface area contributed by atoms with Crippen LogP contribution in [0.25, 0.3) is 0 Å². The number of thiocarbonyl (C=S) groups is 1. The van der Waals surface area contributed by atoms with E-state index in [0.29, 0.717) is 11.0 Å². The molecule has 2 rings (SSSR count). The Morgan fingerprint density at radius 2 is 1.89 bits per heavy atom. The second-order valence-electron chi connectivity index (χ2n) is 5.54. The van der Waals surface area contributed by atoms with E-state index in [-0.39, 0.29) is 0 Å². The molecule has 0 bridgehead atoms. The van der Waals surface area contributed by atoms with Crippen molar-refractivity contribution in [2.45, 2.75) is 45.1 Å². The molecule has 0 heterocycles. The van der Waals surface area contributed by atoms with Crippen LogP contribution in [0.1, 0.15) is 44.6 Å². The van der Waals surface area contributed by atoms with Gasteiger partial charge in [0.25, 0.3) is 0 Å². The fourth-order valence-electron chi connectivity index (χ4n) is 3.23. The lowest BCUT2D eigenvalue weighted by atomic mass is 9.82. The molecule has 104 valence electrons. The van der Waals surface area contributed by atoms with Crippen LogP contribution in [0.3, 0.4) is 0 Å². The molecule has 0 aliphatic heterocycles. The quantitative estimate of drug-likeness (QED) is 0.850. The van der Waals surface area contributed by atoms with E-state index >= 15 is 0 Å². The number of hydrogen-bond donors (Lipinski definition) is 1. The van der Waals surface area contributed by atoms with Crippen molar-refractivity contribution in [3.05, 3.63) is 29.8 Å². The van der Waals surface area contributed by atoms with Crippen molar-refractivity contribution < 1.29 is 0 Å². The second-order valence-corrected chi connectivity index (χ2v) is 5.98. The van der Waals surface area contributed by atoms with Gasteiger partial charge >= 0.3 is 0 Å². The average Bonchev–Trinajstić information content (AvgIpc) is 2.46. The minimum absolute atomic E-state index is 0.471. The molecule has 0 radical (unpaired) electrons. The van der Waals surface area contributed by atoms with Crippen LogP contribution in [0, 0.1) is 5.92 Å². The van der Waals surface area contributed by atoms with Gasteiger partial charge in [-0.05, 0) is 43.0 Å². The fraction of sp³-hybridized carbons (Fsp3) is 0.562. The molecule has 2 nitrogen and oxygen atoms in total. The number of hydrogen-bond acceptors (Lipinski definition) is 2. The summed E-state index contributed by atoms with van der Waals surface area (Å²) in [4.78, 5) is 2.91. The highest BCUT2D eigenvalue weighted by atomic mass is 32.1. The van der Waals surface area contributed by atoms with Crippen molar-refractivity contribution in [2.75, 3.05) is 11.9 Å². The van der Waals surface area contributed by atoms with Crippen LogP contribution in [-0.2, 0) is 0 Å². The Balaban J connectivity index is 2.13. The van der Waals surface area contributed by atoms with E-state index in [1.807, 2.05) is 12.1 Å². The van der Waals surface area contributed by atoms with Crippen molar-refractivity contribution >= 4 is 22.9 Å². The molecule has 1 aliphatic rings. The Morgan fingerprint density at radius 1 is 1.26 bits per heavy atom. The van der Waals surface area contributed by atoms with Crippen molar-refractivity contribution in [1.29, 1.82) is 0 Å². The lowest BCUT2D eigenvalue weighted by molar-refractivity contribution is 0.292. The summed E-state index contributed by atoms with van der Waals surface area (Å²) in [6, 6.07) is 9.00.